The average Bonchev–Trinajstić information content (AvgIpc) is 2.40. The second-order valence-corrected chi connectivity index (χ2v) is 6.03. The van der Waals surface area contributed by atoms with E-state index < -0.39 is 0 Å². The number of hydrogen-bond donors (Lipinski definition) is 2. The summed E-state index contributed by atoms with van der Waals surface area (Å²) in [6, 6.07) is 10.7. The SMILES string of the molecule is C=C(C)CNC(N)=NCC1(Cc2ccccc2)CCC1.I. The zero-order valence-electron chi connectivity index (χ0n) is 12.8. The van der Waals surface area contributed by atoms with Crippen LogP contribution in [0, 0.1) is 5.41 Å². The van der Waals surface area contributed by atoms with Crippen LogP contribution in [0.1, 0.15) is 31.7 Å². The molecule has 0 unspecified atom stereocenters. The molecule has 1 aromatic carbocycles. The van der Waals surface area contributed by atoms with Crippen molar-refractivity contribution in [1.82, 2.24) is 5.32 Å². The summed E-state index contributed by atoms with van der Waals surface area (Å²) >= 11 is 0. The summed E-state index contributed by atoms with van der Waals surface area (Å²) in [5.41, 5.74) is 8.68. The van der Waals surface area contributed by atoms with Gasteiger partial charge in [-0.05, 0) is 37.2 Å². The number of rotatable bonds is 6. The molecule has 0 spiro atoms. The lowest BCUT2D eigenvalue weighted by atomic mass is 9.65. The summed E-state index contributed by atoms with van der Waals surface area (Å²) in [4.78, 5) is 4.53. The number of halogens is 1. The summed E-state index contributed by atoms with van der Waals surface area (Å²) < 4.78 is 0. The highest BCUT2D eigenvalue weighted by atomic mass is 127. The van der Waals surface area contributed by atoms with Crippen LogP contribution in [0.2, 0.25) is 0 Å². The molecule has 0 radical (unpaired) electrons. The maximum atomic E-state index is 5.90. The normalized spacial score (nSPS) is 16.5. The van der Waals surface area contributed by atoms with Crippen molar-refractivity contribution in [3.63, 3.8) is 0 Å². The molecule has 0 atom stereocenters. The summed E-state index contributed by atoms with van der Waals surface area (Å²) in [5.74, 6) is 0.535. The molecular formula is C17H26IN3. The molecule has 1 saturated carbocycles. The molecule has 0 heterocycles. The van der Waals surface area contributed by atoms with E-state index in [-0.39, 0.29) is 24.0 Å². The first-order valence-corrected chi connectivity index (χ1v) is 7.32. The summed E-state index contributed by atoms with van der Waals surface area (Å²) in [5, 5.41) is 3.09. The van der Waals surface area contributed by atoms with Gasteiger partial charge in [0, 0.05) is 13.1 Å². The van der Waals surface area contributed by atoms with Gasteiger partial charge in [-0.1, -0.05) is 48.9 Å². The van der Waals surface area contributed by atoms with Gasteiger partial charge < -0.3 is 11.1 Å². The van der Waals surface area contributed by atoms with Crippen LogP contribution in [0.15, 0.2) is 47.5 Å². The number of nitrogens with two attached hydrogens (primary N) is 1. The van der Waals surface area contributed by atoms with Crippen molar-refractivity contribution in [3.05, 3.63) is 48.0 Å². The van der Waals surface area contributed by atoms with Gasteiger partial charge in [0.1, 0.15) is 0 Å². The summed E-state index contributed by atoms with van der Waals surface area (Å²) in [6.45, 7) is 7.33. The van der Waals surface area contributed by atoms with Gasteiger partial charge in [-0.25, -0.2) is 0 Å². The van der Waals surface area contributed by atoms with Crippen molar-refractivity contribution in [1.29, 1.82) is 0 Å². The molecule has 1 aromatic rings. The van der Waals surface area contributed by atoms with E-state index in [4.69, 9.17) is 5.73 Å². The smallest absolute Gasteiger partial charge is 0.188 e. The Balaban J connectivity index is 0.00000220. The first-order valence-electron chi connectivity index (χ1n) is 7.32. The molecule has 21 heavy (non-hydrogen) atoms. The lowest BCUT2D eigenvalue weighted by molar-refractivity contribution is 0.145. The highest BCUT2D eigenvalue weighted by Crippen LogP contribution is 2.43. The Kier molecular flexibility index (Phi) is 7.22. The van der Waals surface area contributed by atoms with Crippen LogP contribution in [0.5, 0.6) is 0 Å². The summed E-state index contributed by atoms with van der Waals surface area (Å²) in [7, 11) is 0. The van der Waals surface area contributed by atoms with Crippen LogP contribution < -0.4 is 11.1 Å². The largest absolute Gasteiger partial charge is 0.370 e. The third kappa shape index (κ3) is 5.69. The number of hydrogen-bond acceptors (Lipinski definition) is 1. The molecular weight excluding hydrogens is 373 g/mol. The topological polar surface area (TPSA) is 50.4 Å². The van der Waals surface area contributed by atoms with Crippen LogP contribution in [-0.4, -0.2) is 19.0 Å². The fourth-order valence-electron chi connectivity index (χ4n) is 2.65. The Morgan fingerprint density at radius 1 is 1.33 bits per heavy atom. The molecule has 1 aliphatic carbocycles. The predicted molar refractivity (Wildman–Crippen MR) is 101 cm³/mol. The van der Waals surface area contributed by atoms with Crippen molar-refractivity contribution >= 4 is 29.9 Å². The van der Waals surface area contributed by atoms with Gasteiger partial charge >= 0.3 is 0 Å². The van der Waals surface area contributed by atoms with Gasteiger partial charge in [-0.3, -0.25) is 4.99 Å². The van der Waals surface area contributed by atoms with E-state index in [9.17, 15) is 0 Å². The van der Waals surface area contributed by atoms with Crippen LogP contribution in [0.3, 0.4) is 0 Å². The predicted octanol–water partition coefficient (Wildman–Crippen LogP) is 3.50. The molecule has 3 nitrogen and oxygen atoms in total. The molecule has 116 valence electrons. The van der Waals surface area contributed by atoms with E-state index >= 15 is 0 Å². The number of guanidine groups is 1. The Labute approximate surface area is 145 Å². The van der Waals surface area contributed by atoms with Gasteiger partial charge in [-0.2, -0.15) is 0 Å². The van der Waals surface area contributed by atoms with Gasteiger partial charge in [0.05, 0.1) is 0 Å². The standard InChI is InChI=1S/C17H25N3.HI/c1-14(2)12-19-16(18)20-13-17(9-6-10-17)11-15-7-4-3-5-8-15;/h3-5,7-8H,1,6,9-13H2,2H3,(H3,18,19,20);1H. The average molecular weight is 399 g/mol. The third-order valence-electron chi connectivity index (χ3n) is 3.99. The van der Waals surface area contributed by atoms with Crippen molar-refractivity contribution < 1.29 is 0 Å². The minimum Gasteiger partial charge on any atom is -0.370 e. The fraction of sp³-hybridized carbons (Fsp3) is 0.471. The lowest BCUT2D eigenvalue weighted by Crippen LogP contribution is -2.38. The highest BCUT2D eigenvalue weighted by molar-refractivity contribution is 14.0. The molecule has 1 fully saturated rings. The van der Waals surface area contributed by atoms with Gasteiger partial charge in [0.15, 0.2) is 5.96 Å². The zero-order valence-corrected chi connectivity index (χ0v) is 15.1. The lowest BCUT2D eigenvalue weighted by Gasteiger charge is -2.41. The van der Waals surface area contributed by atoms with Crippen molar-refractivity contribution in [2.45, 2.75) is 32.6 Å². The van der Waals surface area contributed by atoms with Crippen LogP contribution in [0.4, 0.5) is 0 Å². The van der Waals surface area contributed by atoms with Crippen LogP contribution >= 0.6 is 24.0 Å². The van der Waals surface area contributed by atoms with E-state index in [0.717, 1.165) is 18.5 Å². The molecule has 0 bridgehead atoms. The molecule has 0 amide bonds. The number of aliphatic imine (C=N–C) groups is 1. The van der Waals surface area contributed by atoms with Crippen molar-refractivity contribution in [2.75, 3.05) is 13.1 Å². The molecule has 0 saturated heterocycles. The fourth-order valence-corrected chi connectivity index (χ4v) is 2.65. The van der Waals surface area contributed by atoms with Gasteiger partial charge in [0.2, 0.25) is 0 Å². The molecule has 1 aliphatic rings. The zero-order chi connectivity index (χ0) is 14.4. The minimum absolute atomic E-state index is 0. The second-order valence-electron chi connectivity index (χ2n) is 6.03. The number of nitrogens with one attached hydrogen (secondary N) is 1. The maximum absolute atomic E-state index is 5.90. The third-order valence-corrected chi connectivity index (χ3v) is 3.99. The highest BCUT2D eigenvalue weighted by Gasteiger charge is 2.36. The van der Waals surface area contributed by atoms with Gasteiger partial charge in [0.25, 0.3) is 0 Å². The van der Waals surface area contributed by atoms with Crippen molar-refractivity contribution in [3.8, 4) is 0 Å². The van der Waals surface area contributed by atoms with Crippen LogP contribution in [0.25, 0.3) is 0 Å². The Bertz CT molecular complexity index is 478. The Morgan fingerprint density at radius 3 is 2.52 bits per heavy atom. The molecule has 4 heteroatoms. The van der Waals surface area contributed by atoms with E-state index in [0.29, 0.717) is 17.9 Å². The second kappa shape index (κ2) is 8.41. The van der Waals surface area contributed by atoms with E-state index in [2.05, 4.69) is 47.2 Å². The van der Waals surface area contributed by atoms with E-state index in [1.807, 2.05) is 6.92 Å². The minimum atomic E-state index is 0. The summed E-state index contributed by atoms with van der Waals surface area (Å²) in [6.07, 6.45) is 4.91. The maximum Gasteiger partial charge on any atom is 0.188 e. The molecule has 2 rings (SSSR count). The molecule has 3 N–H and O–H groups in total. The van der Waals surface area contributed by atoms with Crippen molar-refractivity contribution in [2.24, 2.45) is 16.1 Å². The number of benzene rings is 1. The first-order chi connectivity index (χ1) is 9.60. The van der Waals surface area contributed by atoms with Gasteiger partial charge in [-0.15, -0.1) is 24.0 Å². The Morgan fingerprint density at radius 2 is 2.00 bits per heavy atom. The Hall–Kier alpha value is -1.04. The van der Waals surface area contributed by atoms with E-state index in [1.165, 1.54) is 24.8 Å². The van der Waals surface area contributed by atoms with E-state index in [1.54, 1.807) is 0 Å². The molecule has 0 aliphatic heterocycles. The first kappa shape index (κ1) is 18.0. The quantitative estimate of drug-likeness (QED) is 0.333. The monoisotopic (exact) mass is 399 g/mol. The molecule has 0 aromatic heterocycles. The van der Waals surface area contributed by atoms with Crippen LogP contribution in [-0.2, 0) is 6.42 Å². The number of nitrogens with zero attached hydrogens (tertiary/aromatic N) is 1.